The van der Waals surface area contributed by atoms with Crippen molar-refractivity contribution in [1.29, 1.82) is 0 Å². The largest absolute Gasteiger partial charge is 0.451 e. The van der Waals surface area contributed by atoms with Crippen LogP contribution in [0.5, 0.6) is 0 Å². The van der Waals surface area contributed by atoms with Crippen molar-refractivity contribution < 1.29 is 13.2 Å². The van der Waals surface area contributed by atoms with E-state index in [-0.39, 0.29) is 11.3 Å². The van der Waals surface area contributed by atoms with E-state index in [1.807, 2.05) is 48.5 Å². The number of tetrazole rings is 1. The Balaban J connectivity index is 1.40. The zero-order chi connectivity index (χ0) is 22.8. The third-order valence-electron chi connectivity index (χ3n) is 5.11. The van der Waals surface area contributed by atoms with E-state index in [0.29, 0.717) is 17.8 Å². The van der Waals surface area contributed by atoms with Crippen LogP contribution in [0.25, 0.3) is 33.4 Å². The van der Waals surface area contributed by atoms with Gasteiger partial charge in [0, 0.05) is 17.5 Å². The van der Waals surface area contributed by atoms with E-state index in [9.17, 15) is 13.2 Å². The topological polar surface area (TPSA) is 92.3 Å². The van der Waals surface area contributed by atoms with Crippen LogP contribution in [-0.4, -0.2) is 30.6 Å². The Morgan fingerprint density at radius 1 is 0.818 bits per heavy atom. The SMILES string of the molecule is FC(F)(F)c1nc(NCc2ccc(-c3ccccc3-c3nnn[nH]3)cc2)c2ccccc2n1. The highest BCUT2D eigenvalue weighted by Gasteiger charge is 2.35. The van der Waals surface area contributed by atoms with Gasteiger partial charge in [0.05, 0.1) is 5.52 Å². The molecule has 7 nitrogen and oxygen atoms in total. The molecule has 2 aromatic heterocycles. The second-order valence-corrected chi connectivity index (χ2v) is 7.26. The summed E-state index contributed by atoms with van der Waals surface area (Å²) >= 11 is 0. The van der Waals surface area contributed by atoms with Gasteiger partial charge in [0.2, 0.25) is 5.82 Å². The molecule has 0 saturated heterocycles. The molecule has 5 aromatic rings. The number of halogens is 3. The lowest BCUT2D eigenvalue weighted by Crippen LogP contribution is -2.13. The predicted molar refractivity (Wildman–Crippen MR) is 117 cm³/mol. The molecule has 0 unspecified atom stereocenters. The quantitative estimate of drug-likeness (QED) is 0.389. The van der Waals surface area contributed by atoms with Crippen molar-refractivity contribution in [3.05, 3.63) is 84.2 Å². The Bertz CT molecular complexity index is 1400. The lowest BCUT2D eigenvalue weighted by atomic mass is 9.98. The average Bonchev–Trinajstić information content (AvgIpc) is 3.37. The molecule has 164 valence electrons. The van der Waals surface area contributed by atoms with E-state index < -0.39 is 12.0 Å². The molecule has 5 rings (SSSR count). The molecule has 0 aliphatic heterocycles. The van der Waals surface area contributed by atoms with Gasteiger partial charge in [0.15, 0.2) is 5.82 Å². The first-order valence-corrected chi connectivity index (χ1v) is 9.99. The van der Waals surface area contributed by atoms with Gasteiger partial charge in [0.25, 0.3) is 0 Å². The number of nitrogens with one attached hydrogen (secondary N) is 2. The molecule has 0 aliphatic carbocycles. The number of benzene rings is 3. The van der Waals surface area contributed by atoms with Crippen LogP contribution in [0.2, 0.25) is 0 Å². The number of para-hydroxylation sites is 1. The first kappa shape index (κ1) is 20.6. The Hall–Kier alpha value is -4.34. The number of hydrogen-bond acceptors (Lipinski definition) is 6. The minimum Gasteiger partial charge on any atom is -0.365 e. The van der Waals surface area contributed by atoms with Crippen LogP contribution in [-0.2, 0) is 12.7 Å². The van der Waals surface area contributed by atoms with Crippen molar-refractivity contribution in [3.8, 4) is 22.5 Å². The Kier molecular flexibility index (Phi) is 5.17. The molecule has 0 spiro atoms. The second kappa shape index (κ2) is 8.30. The summed E-state index contributed by atoms with van der Waals surface area (Å²) in [6.07, 6.45) is -4.63. The van der Waals surface area contributed by atoms with Gasteiger partial charge in [0.1, 0.15) is 5.82 Å². The van der Waals surface area contributed by atoms with Crippen LogP contribution in [0.3, 0.4) is 0 Å². The molecule has 2 heterocycles. The normalized spacial score (nSPS) is 11.6. The van der Waals surface area contributed by atoms with Crippen molar-refractivity contribution in [1.82, 2.24) is 30.6 Å². The first-order valence-electron chi connectivity index (χ1n) is 9.99. The summed E-state index contributed by atoms with van der Waals surface area (Å²) in [6, 6.07) is 22.0. The molecule has 3 aromatic carbocycles. The van der Waals surface area contributed by atoms with Gasteiger partial charge in [-0.25, -0.2) is 15.1 Å². The minimum absolute atomic E-state index is 0.139. The van der Waals surface area contributed by atoms with Crippen molar-refractivity contribution in [2.75, 3.05) is 5.32 Å². The fourth-order valence-electron chi connectivity index (χ4n) is 3.54. The smallest absolute Gasteiger partial charge is 0.365 e. The fourth-order valence-corrected chi connectivity index (χ4v) is 3.54. The molecule has 0 amide bonds. The molecule has 0 aliphatic rings. The third-order valence-corrected chi connectivity index (χ3v) is 5.11. The molecule has 0 fully saturated rings. The molecule has 0 radical (unpaired) electrons. The molecule has 0 atom stereocenters. The van der Waals surface area contributed by atoms with Crippen LogP contribution >= 0.6 is 0 Å². The van der Waals surface area contributed by atoms with Gasteiger partial charge >= 0.3 is 6.18 Å². The zero-order valence-electron chi connectivity index (χ0n) is 17.0. The predicted octanol–water partition coefficient (Wildman–Crippen LogP) is 5.11. The van der Waals surface area contributed by atoms with E-state index >= 15 is 0 Å². The number of aromatic nitrogens is 6. The monoisotopic (exact) mass is 447 g/mol. The van der Waals surface area contributed by atoms with Gasteiger partial charge in [-0.05, 0) is 39.2 Å². The number of alkyl halides is 3. The number of nitrogens with zero attached hydrogens (tertiary/aromatic N) is 5. The van der Waals surface area contributed by atoms with Crippen LogP contribution in [0.1, 0.15) is 11.4 Å². The Labute approximate surface area is 185 Å². The van der Waals surface area contributed by atoms with Gasteiger partial charge in [-0.1, -0.05) is 60.7 Å². The van der Waals surface area contributed by atoms with E-state index in [0.717, 1.165) is 22.3 Å². The van der Waals surface area contributed by atoms with Crippen LogP contribution in [0.15, 0.2) is 72.8 Å². The van der Waals surface area contributed by atoms with Crippen molar-refractivity contribution in [2.24, 2.45) is 0 Å². The maximum Gasteiger partial charge on any atom is 0.451 e. The lowest BCUT2D eigenvalue weighted by Gasteiger charge is -2.13. The van der Waals surface area contributed by atoms with Crippen LogP contribution < -0.4 is 5.32 Å². The van der Waals surface area contributed by atoms with Crippen LogP contribution in [0, 0.1) is 0 Å². The summed E-state index contributed by atoms with van der Waals surface area (Å²) in [7, 11) is 0. The highest BCUT2D eigenvalue weighted by atomic mass is 19.4. The highest BCUT2D eigenvalue weighted by Crippen LogP contribution is 2.31. The standard InChI is InChI=1S/C23H16F3N7/c24-23(25,26)22-28-19-8-4-3-7-18(19)20(29-22)27-13-14-9-11-15(12-10-14)16-5-1-2-6-17(16)21-30-32-33-31-21/h1-12H,13H2,(H,27,28,29)(H,30,31,32,33). The summed E-state index contributed by atoms with van der Waals surface area (Å²) in [5, 5.41) is 17.6. The van der Waals surface area contributed by atoms with Gasteiger partial charge in [-0.2, -0.15) is 13.2 Å². The maximum atomic E-state index is 13.2. The molecule has 2 N–H and O–H groups in total. The molecular weight excluding hydrogens is 431 g/mol. The lowest BCUT2D eigenvalue weighted by molar-refractivity contribution is -0.144. The minimum atomic E-state index is -4.63. The molecule has 0 saturated carbocycles. The highest BCUT2D eigenvalue weighted by molar-refractivity contribution is 5.89. The van der Waals surface area contributed by atoms with E-state index in [1.165, 1.54) is 6.07 Å². The van der Waals surface area contributed by atoms with Gasteiger partial charge in [-0.3, -0.25) is 0 Å². The number of H-pyrrole nitrogens is 1. The molecular formula is C23H16F3N7. The number of rotatable bonds is 5. The summed E-state index contributed by atoms with van der Waals surface area (Å²) < 4.78 is 39.7. The third kappa shape index (κ3) is 4.22. The number of fused-ring (bicyclic) bond motifs is 1. The van der Waals surface area contributed by atoms with Crippen molar-refractivity contribution >= 4 is 16.7 Å². The van der Waals surface area contributed by atoms with Gasteiger partial charge in [-0.15, -0.1) is 5.10 Å². The Morgan fingerprint density at radius 3 is 2.27 bits per heavy atom. The number of hydrogen-bond donors (Lipinski definition) is 2. The van der Waals surface area contributed by atoms with E-state index in [2.05, 4.69) is 35.9 Å². The molecule has 0 bridgehead atoms. The summed E-state index contributed by atoms with van der Waals surface area (Å²) in [5.74, 6) is -0.467. The maximum absolute atomic E-state index is 13.2. The Morgan fingerprint density at radius 2 is 1.55 bits per heavy atom. The van der Waals surface area contributed by atoms with Gasteiger partial charge < -0.3 is 5.32 Å². The summed E-state index contributed by atoms with van der Waals surface area (Å²) in [4.78, 5) is 7.37. The average molecular weight is 447 g/mol. The van der Waals surface area contributed by atoms with E-state index in [1.54, 1.807) is 18.2 Å². The molecule has 33 heavy (non-hydrogen) atoms. The first-order chi connectivity index (χ1) is 16.0. The van der Waals surface area contributed by atoms with E-state index in [4.69, 9.17) is 0 Å². The van der Waals surface area contributed by atoms with Crippen molar-refractivity contribution in [2.45, 2.75) is 12.7 Å². The number of anilines is 1. The van der Waals surface area contributed by atoms with Crippen molar-refractivity contribution in [3.63, 3.8) is 0 Å². The summed E-state index contributed by atoms with van der Waals surface area (Å²) in [6.45, 7) is 0.298. The molecule has 10 heteroatoms. The zero-order valence-corrected chi connectivity index (χ0v) is 17.0. The fraction of sp³-hybridized carbons (Fsp3) is 0.0870. The van der Waals surface area contributed by atoms with Crippen LogP contribution in [0.4, 0.5) is 19.0 Å². The summed E-state index contributed by atoms with van der Waals surface area (Å²) in [5.41, 5.74) is 3.88. The second-order valence-electron chi connectivity index (χ2n) is 7.26. The number of aromatic amines is 1.